The van der Waals surface area contributed by atoms with Gasteiger partial charge in [-0.25, -0.2) is 21.1 Å². The lowest BCUT2D eigenvalue weighted by atomic mass is 10.2. The highest BCUT2D eigenvalue weighted by atomic mass is 32.2. The summed E-state index contributed by atoms with van der Waals surface area (Å²) in [4.78, 5) is 10.1. The van der Waals surface area contributed by atoms with Crippen LogP contribution in [0.25, 0.3) is 0 Å². The Hall–Kier alpha value is -2.50. The Morgan fingerprint density at radius 2 is 1.74 bits per heavy atom. The summed E-state index contributed by atoms with van der Waals surface area (Å²) in [6, 6.07) is 9.34. The van der Waals surface area contributed by atoms with E-state index >= 15 is 0 Å². The summed E-state index contributed by atoms with van der Waals surface area (Å²) in [5.41, 5.74) is 0.378. The molecule has 1 aliphatic rings. The average molecular weight is 411 g/mol. The molecule has 0 saturated heterocycles. The third-order valence-electron chi connectivity index (χ3n) is 4.31. The lowest BCUT2D eigenvalue weighted by molar-refractivity contribution is -0.387. The number of hydrogen-bond donors (Lipinski definition) is 0. The van der Waals surface area contributed by atoms with Crippen LogP contribution in [0.4, 0.5) is 11.4 Å². The molecule has 144 valence electrons. The van der Waals surface area contributed by atoms with Gasteiger partial charge in [0, 0.05) is 26.7 Å². The molecule has 3 rings (SSSR count). The van der Waals surface area contributed by atoms with Crippen LogP contribution in [0.15, 0.2) is 52.3 Å². The van der Waals surface area contributed by atoms with E-state index in [0.717, 1.165) is 14.7 Å². The van der Waals surface area contributed by atoms with Gasteiger partial charge in [-0.3, -0.25) is 14.4 Å². The maximum Gasteiger partial charge on any atom is 0.289 e. The minimum absolute atomic E-state index is 0.0659. The maximum atomic E-state index is 13.0. The fraction of sp³-hybridized carbons (Fsp3) is 0.250. The molecule has 0 aliphatic carbocycles. The Bertz CT molecular complexity index is 1130. The van der Waals surface area contributed by atoms with Crippen molar-refractivity contribution in [1.82, 2.24) is 4.31 Å². The van der Waals surface area contributed by atoms with Crippen molar-refractivity contribution in [3.8, 4) is 0 Å². The minimum Gasteiger partial charge on any atom is -0.266 e. The summed E-state index contributed by atoms with van der Waals surface area (Å²) < 4.78 is 52.7. The molecule has 0 amide bonds. The van der Waals surface area contributed by atoms with E-state index in [2.05, 4.69) is 0 Å². The van der Waals surface area contributed by atoms with Gasteiger partial charge in [-0.1, -0.05) is 12.1 Å². The quantitative estimate of drug-likeness (QED) is 0.545. The zero-order chi connectivity index (χ0) is 20.0. The van der Waals surface area contributed by atoms with Crippen molar-refractivity contribution >= 4 is 31.4 Å². The maximum absolute atomic E-state index is 13.0. The van der Waals surface area contributed by atoms with E-state index in [1.807, 2.05) is 0 Å². The van der Waals surface area contributed by atoms with Crippen molar-refractivity contribution < 1.29 is 21.8 Å². The highest BCUT2D eigenvalue weighted by Crippen LogP contribution is 2.36. The van der Waals surface area contributed by atoms with Crippen LogP contribution >= 0.6 is 0 Å². The fourth-order valence-corrected chi connectivity index (χ4v) is 5.53. The third-order valence-corrected chi connectivity index (χ3v) is 7.98. The van der Waals surface area contributed by atoms with Gasteiger partial charge in [-0.05, 0) is 36.2 Å². The number of hydrogen-bond acceptors (Lipinski definition) is 6. The van der Waals surface area contributed by atoms with Crippen LogP contribution in [0.5, 0.6) is 0 Å². The van der Waals surface area contributed by atoms with Crippen LogP contribution in [0, 0.1) is 10.1 Å². The first-order chi connectivity index (χ1) is 12.6. The van der Waals surface area contributed by atoms with Gasteiger partial charge in [-0.15, -0.1) is 0 Å². The van der Waals surface area contributed by atoms with Gasteiger partial charge < -0.3 is 0 Å². The molecule has 9 nitrogen and oxygen atoms in total. The monoisotopic (exact) mass is 411 g/mol. The van der Waals surface area contributed by atoms with Gasteiger partial charge in [0.2, 0.25) is 10.0 Å². The number of nitro benzene ring substituents is 1. The highest BCUT2D eigenvalue weighted by Gasteiger charge is 2.36. The predicted octanol–water partition coefficient (Wildman–Crippen LogP) is 1.60. The van der Waals surface area contributed by atoms with E-state index in [-0.39, 0.29) is 11.4 Å². The Morgan fingerprint density at radius 1 is 1.07 bits per heavy atom. The van der Waals surface area contributed by atoms with Gasteiger partial charge in [-0.2, -0.15) is 0 Å². The third kappa shape index (κ3) is 3.17. The van der Waals surface area contributed by atoms with Crippen LogP contribution < -0.4 is 4.31 Å². The van der Waals surface area contributed by atoms with Gasteiger partial charge in [0.05, 0.1) is 15.5 Å². The summed E-state index contributed by atoms with van der Waals surface area (Å²) >= 11 is 0. The second-order valence-corrected chi connectivity index (χ2v) is 10.1. The van der Waals surface area contributed by atoms with Crippen molar-refractivity contribution in [1.29, 1.82) is 0 Å². The second kappa shape index (κ2) is 6.59. The summed E-state index contributed by atoms with van der Waals surface area (Å²) in [5.74, 6) is 0. The van der Waals surface area contributed by atoms with Crippen LogP contribution in [-0.2, 0) is 26.5 Å². The normalized spacial score (nSPS) is 14.4. The van der Waals surface area contributed by atoms with Crippen LogP contribution in [-0.4, -0.2) is 46.7 Å². The zero-order valence-electron chi connectivity index (χ0n) is 14.6. The SMILES string of the molecule is CN(C)S(=O)(=O)c1ccc2c(c1)CCN2S(=O)(=O)c1ccccc1[N+](=O)[O-]. The van der Waals surface area contributed by atoms with E-state index in [1.54, 1.807) is 0 Å². The number of fused-ring (bicyclic) bond motifs is 1. The summed E-state index contributed by atoms with van der Waals surface area (Å²) in [5, 5.41) is 11.2. The molecule has 2 aromatic rings. The fourth-order valence-electron chi connectivity index (χ4n) is 2.91. The van der Waals surface area contributed by atoms with Crippen LogP contribution in [0.1, 0.15) is 5.56 Å². The summed E-state index contributed by atoms with van der Waals surface area (Å²) in [6.07, 6.45) is 0.311. The van der Waals surface area contributed by atoms with E-state index in [4.69, 9.17) is 0 Å². The minimum atomic E-state index is -4.16. The Balaban J connectivity index is 2.08. The van der Waals surface area contributed by atoms with Gasteiger partial charge in [0.15, 0.2) is 4.90 Å². The Labute approximate surface area is 157 Å². The van der Waals surface area contributed by atoms with Crippen molar-refractivity contribution in [3.63, 3.8) is 0 Å². The van der Waals surface area contributed by atoms with E-state index in [9.17, 15) is 26.9 Å². The molecule has 0 N–H and O–H groups in total. The Kier molecular flexibility index (Phi) is 4.70. The van der Waals surface area contributed by atoms with Crippen molar-refractivity contribution in [2.45, 2.75) is 16.2 Å². The molecule has 0 atom stereocenters. The molecule has 0 radical (unpaired) electrons. The van der Waals surface area contributed by atoms with E-state index < -0.39 is 35.6 Å². The van der Waals surface area contributed by atoms with Crippen molar-refractivity contribution in [2.75, 3.05) is 24.9 Å². The first-order valence-corrected chi connectivity index (χ1v) is 10.8. The molecule has 0 saturated carbocycles. The molecule has 0 bridgehead atoms. The van der Waals surface area contributed by atoms with Crippen molar-refractivity contribution in [2.24, 2.45) is 0 Å². The number of anilines is 1. The van der Waals surface area contributed by atoms with Gasteiger partial charge in [0.25, 0.3) is 15.7 Å². The molecule has 1 aliphatic heterocycles. The zero-order valence-corrected chi connectivity index (χ0v) is 16.2. The molecule has 11 heteroatoms. The molecule has 2 aromatic carbocycles. The lowest BCUT2D eigenvalue weighted by Gasteiger charge is -2.20. The topological polar surface area (TPSA) is 118 Å². The molecule has 0 spiro atoms. The number of nitrogens with zero attached hydrogens (tertiary/aromatic N) is 3. The number of benzene rings is 2. The molecular formula is C16H17N3O6S2. The summed E-state index contributed by atoms with van der Waals surface area (Å²) in [7, 11) is -4.98. The number of sulfonamides is 2. The number of nitro groups is 1. The van der Waals surface area contributed by atoms with Gasteiger partial charge in [0.1, 0.15) is 0 Å². The summed E-state index contributed by atoms with van der Waals surface area (Å²) in [6.45, 7) is 0.0786. The standard InChI is InChI=1S/C16H17N3O6S2/c1-17(2)26(22,23)13-7-8-14-12(11-13)9-10-18(14)27(24,25)16-6-4-3-5-15(16)19(20)21/h3-8,11H,9-10H2,1-2H3. The first kappa shape index (κ1) is 19.3. The average Bonchev–Trinajstić information content (AvgIpc) is 3.05. The van der Waals surface area contributed by atoms with Crippen LogP contribution in [0.2, 0.25) is 0 Å². The Morgan fingerprint density at radius 3 is 2.37 bits per heavy atom. The molecule has 0 unspecified atom stereocenters. The molecule has 27 heavy (non-hydrogen) atoms. The first-order valence-electron chi connectivity index (χ1n) is 7.88. The highest BCUT2D eigenvalue weighted by molar-refractivity contribution is 7.93. The van der Waals surface area contributed by atoms with E-state index in [1.165, 1.54) is 50.5 Å². The van der Waals surface area contributed by atoms with Crippen molar-refractivity contribution in [3.05, 3.63) is 58.1 Å². The molecular weight excluding hydrogens is 394 g/mol. The largest absolute Gasteiger partial charge is 0.289 e. The van der Waals surface area contributed by atoms with Gasteiger partial charge >= 0.3 is 0 Å². The van der Waals surface area contributed by atoms with Crippen LogP contribution in [0.3, 0.4) is 0 Å². The molecule has 1 heterocycles. The molecule has 0 fully saturated rings. The van der Waals surface area contributed by atoms with E-state index in [0.29, 0.717) is 17.7 Å². The number of rotatable bonds is 5. The predicted molar refractivity (Wildman–Crippen MR) is 98.6 cm³/mol. The lowest BCUT2D eigenvalue weighted by Crippen LogP contribution is -2.29. The smallest absolute Gasteiger partial charge is 0.266 e. The second-order valence-electron chi connectivity index (χ2n) is 6.13. The molecule has 0 aromatic heterocycles. The number of para-hydroxylation sites is 1.